The predicted molar refractivity (Wildman–Crippen MR) is 68.2 cm³/mol. The topological polar surface area (TPSA) is 60.5 Å². The summed E-state index contributed by atoms with van der Waals surface area (Å²) >= 11 is 0.971. The molecule has 1 aliphatic rings. The predicted octanol–water partition coefficient (Wildman–Crippen LogP) is 2.40. The second-order valence-corrected chi connectivity index (χ2v) is 4.94. The van der Waals surface area contributed by atoms with Gasteiger partial charge in [0.2, 0.25) is 5.76 Å². The van der Waals surface area contributed by atoms with Gasteiger partial charge in [-0.1, -0.05) is 11.3 Å². The number of nitrogens with one attached hydrogen (secondary N) is 1. The Balaban J connectivity index is 1.86. The summed E-state index contributed by atoms with van der Waals surface area (Å²) in [6.45, 7) is 0.654. The number of nitrogens with zero attached hydrogens (tertiary/aromatic N) is 1. The summed E-state index contributed by atoms with van der Waals surface area (Å²) < 4.78 is 36.9. The van der Waals surface area contributed by atoms with E-state index < -0.39 is 17.5 Å². The average molecular weight is 298 g/mol. The molecule has 8 heteroatoms. The molecule has 1 aromatic heterocycles. The van der Waals surface area contributed by atoms with Gasteiger partial charge in [-0.15, -0.1) is 0 Å². The van der Waals surface area contributed by atoms with Gasteiger partial charge in [0.1, 0.15) is 30.8 Å². The highest BCUT2D eigenvalue weighted by Gasteiger charge is 2.18. The van der Waals surface area contributed by atoms with Crippen LogP contribution >= 0.6 is 11.3 Å². The molecule has 1 aliphatic heterocycles. The molecule has 0 aliphatic carbocycles. The summed E-state index contributed by atoms with van der Waals surface area (Å²) in [6, 6.07) is 1.90. The summed E-state index contributed by atoms with van der Waals surface area (Å²) in [6.07, 6.45) is 1.20. The molecule has 0 fully saturated rings. The fraction of sp³-hybridized carbons (Fsp3) is 0.167. The van der Waals surface area contributed by atoms with Crippen LogP contribution in [0.2, 0.25) is 0 Å². The number of carbonyl (C=O) groups is 1. The van der Waals surface area contributed by atoms with Gasteiger partial charge in [0, 0.05) is 6.07 Å². The van der Waals surface area contributed by atoms with E-state index in [0.717, 1.165) is 23.5 Å². The van der Waals surface area contributed by atoms with Gasteiger partial charge < -0.3 is 9.47 Å². The number of ether oxygens (including phenoxy) is 2. The molecule has 0 bridgehead atoms. The minimum atomic E-state index is -0.770. The molecule has 1 aromatic carbocycles. The molecule has 0 unspecified atom stereocenters. The van der Waals surface area contributed by atoms with Crippen molar-refractivity contribution in [1.82, 2.24) is 4.98 Å². The largest absolute Gasteiger partial charge is 0.494 e. The van der Waals surface area contributed by atoms with E-state index in [4.69, 9.17) is 9.47 Å². The minimum absolute atomic E-state index is 0.0153. The quantitative estimate of drug-likeness (QED) is 0.925. The van der Waals surface area contributed by atoms with E-state index in [1.54, 1.807) is 0 Å². The number of rotatable bonds is 2. The molecule has 0 atom stereocenters. The Bertz CT molecular complexity index is 714. The zero-order chi connectivity index (χ0) is 14.1. The highest BCUT2D eigenvalue weighted by Crippen LogP contribution is 2.29. The van der Waals surface area contributed by atoms with Crippen molar-refractivity contribution >= 4 is 32.6 Å². The number of fused-ring (bicyclic) bond motifs is 1. The minimum Gasteiger partial charge on any atom is -0.494 e. The normalized spacial score (nSPS) is 14.4. The molecule has 20 heavy (non-hydrogen) atoms. The standard InChI is InChI=1S/C12H8F2N2O3S/c13-6-3-7(14)10-9(4-6)20-12(15-10)16-11(17)8-5-18-1-2-19-8/h3-5H,1-2H2,(H,15,16,17). The Kier molecular flexibility index (Phi) is 3.23. The smallest absolute Gasteiger partial charge is 0.295 e. The lowest BCUT2D eigenvalue weighted by molar-refractivity contribution is -0.117. The zero-order valence-corrected chi connectivity index (χ0v) is 10.8. The van der Waals surface area contributed by atoms with E-state index in [-0.39, 0.29) is 23.0 Å². The monoisotopic (exact) mass is 298 g/mol. The van der Waals surface area contributed by atoms with Crippen LogP contribution in [0, 0.1) is 11.6 Å². The van der Waals surface area contributed by atoms with Crippen molar-refractivity contribution in [3.8, 4) is 0 Å². The SMILES string of the molecule is O=C(Nc1nc2c(F)cc(F)cc2s1)C1=COCCO1. The maximum Gasteiger partial charge on any atom is 0.295 e. The van der Waals surface area contributed by atoms with Crippen LogP contribution in [0.4, 0.5) is 13.9 Å². The van der Waals surface area contributed by atoms with Gasteiger partial charge in [0.15, 0.2) is 10.9 Å². The molecule has 0 radical (unpaired) electrons. The van der Waals surface area contributed by atoms with E-state index >= 15 is 0 Å². The van der Waals surface area contributed by atoms with Gasteiger partial charge >= 0.3 is 0 Å². The second-order valence-electron chi connectivity index (χ2n) is 3.91. The van der Waals surface area contributed by atoms with E-state index in [1.807, 2.05) is 0 Å². The van der Waals surface area contributed by atoms with E-state index in [1.165, 1.54) is 6.26 Å². The van der Waals surface area contributed by atoms with Crippen molar-refractivity contribution in [2.75, 3.05) is 18.5 Å². The zero-order valence-electron chi connectivity index (χ0n) is 9.98. The third-order valence-electron chi connectivity index (χ3n) is 2.51. The molecule has 2 heterocycles. The van der Waals surface area contributed by atoms with Crippen molar-refractivity contribution < 1.29 is 23.0 Å². The summed E-state index contributed by atoms with van der Waals surface area (Å²) in [5.41, 5.74) is 0.0153. The van der Waals surface area contributed by atoms with Crippen LogP contribution in [0.25, 0.3) is 10.2 Å². The fourth-order valence-electron chi connectivity index (χ4n) is 1.66. The van der Waals surface area contributed by atoms with Crippen LogP contribution < -0.4 is 5.32 Å². The fourth-order valence-corrected chi connectivity index (χ4v) is 2.56. The van der Waals surface area contributed by atoms with Crippen LogP contribution in [0.15, 0.2) is 24.2 Å². The Labute approximate surface area is 115 Å². The first-order valence-corrected chi connectivity index (χ1v) is 6.46. The van der Waals surface area contributed by atoms with Crippen LogP contribution in [0.5, 0.6) is 0 Å². The van der Waals surface area contributed by atoms with Crippen LogP contribution in [0.1, 0.15) is 0 Å². The van der Waals surface area contributed by atoms with Gasteiger partial charge in [0.25, 0.3) is 5.91 Å². The number of amides is 1. The molecule has 0 spiro atoms. The molecule has 104 valence electrons. The molecule has 0 saturated heterocycles. The summed E-state index contributed by atoms with van der Waals surface area (Å²) in [4.78, 5) is 15.7. The highest BCUT2D eigenvalue weighted by molar-refractivity contribution is 7.22. The molecular formula is C12H8F2N2O3S. The van der Waals surface area contributed by atoms with Crippen LogP contribution in [-0.2, 0) is 14.3 Å². The van der Waals surface area contributed by atoms with Crippen molar-refractivity contribution in [2.45, 2.75) is 0 Å². The van der Waals surface area contributed by atoms with Crippen molar-refractivity contribution in [2.24, 2.45) is 0 Å². The second kappa shape index (κ2) is 5.04. The molecule has 1 N–H and O–H groups in total. The summed E-state index contributed by atoms with van der Waals surface area (Å²) in [5, 5.41) is 2.61. The number of benzene rings is 1. The lowest BCUT2D eigenvalue weighted by Gasteiger charge is -2.13. The van der Waals surface area contributed by atoms with Gasteiger partial charge in [-0.3, -0.25) is 10.1 Å². The van der Waals surface area contributed by atoms with Gasteiger partial charge in [-0.2, -0.15) is 0 Å². The number of hydrogen-bond donors (Lipinski definition) is 1. The maximum absolute atomic E-state index is 13.5. The lowest BCUT2D eigenvalue weighted by Crippen LogP contribution is -2.20. The number of aromatic nitrogens is 1. The van der Waals surface area contributed by atoms with E-state index in [9.17, 15) is 13.6 Å². The van der Waals surface area contributed by atoms with Crippen molar-refractivity contribution in [1.29, 1.82) is 0 Å². The van der Waals surface area contributed by atoms with Crippen molar-refractivity contribution in [3.05, 3.63) is 35.8 Å². The van der Waals surface area contributed by atoms with Crippen LogP contribution in [0.3, 0.4) is 0 Å². The lowest BCUT2D eigenvalue weighted by atomic mass is 10.3. The van der Waals surface area contributed by atoms with Crippen molar-refractivity contribution in [3.63, 3.8) is 0 Å². The van der Waals surface area contributed by atoms with Gasteiger partial charge in [0.05, 0.1) is 4.70 Å². The first-order chi connectivity index (χ1) is 9.63. The Morgan fingerprint density at radius 1 is 1.35 bits per heavy atom. The number of hydrogen-bond acceptors (Lipinski definition) is 5. The Morgan fingerprint density at radius 3 is 2.95 bits per heavy atom. The van der Waals surface area contributed by atoms with Gasteiger partial charge in [-0.25, -0.2) is 13.8 Å². The number of halogens is 2. The number of anilines is 1. The molecule has 1 amide bonds. The summed E-state index contributed by atoms with van der Waals surface area (Å²) in [7, 11) is 0. The average Bonchev–Trinajstić information content (AvgIpc) is 2.82. The Morgan fingerprint density at radius 2 is 2.20 bits per heavy atom. The van der Waals surface area contributed by atoms with E-state index in [2.05, 4.69) is 10.3 Å². The highest BCUT2D eigenvalue weighted by atomic mass is 32.1. The molecule has 0 saturated carbocycles. The first kappa shape index (κ1) is 12.8. The van der Waals surface area contributed by atoms with Crippen LogP contribution in [-0.4, -0.2) is 24.1 Å². The molecule has 2 aromatic rings. The number of carbonyl (C=O) groups excluding carboxylic acids is 1. The Hall–Kier alpha value is -2.22. The summed E-state index contributed by atoms with van der Waals surface area (Å²) in [5.74, 6) is -2.00. The third kappa shape index (κ3) is 2.42. The number of thiazole rings is 1. The maximum atomic E-state index is 13.5. The first-order valence-electron chi connectivity index (χ1n) is 5.65. The third-order valence-corrected chi connectivity index (χ3v) is 3.42. The molecule has 3 rings (SSSR count). The molecule has 5 nitrogen and oxygen atoms in total. The molecular weight excluding hydrogens is 290 g/mol. The van der Waals surface area contributed by atoms with E-state index in [0.29, 0.717) is 11.3 Å². The van der Waals surface area contributed by atoms with Gasteiger partial charge in [-0.05, 0) is 6.07 Å².